The Morgan fingerprint density at radius 3 is 2.33 bits per heavy atom. The molecule has 7 rings (SSSR count). The molecule has 2 aromatic rings. The minimum Gasteiger partial charge on any atom is -0.446 e. The van der Waals surface area contributed by atoms with Gasteiger partial charge in [-0.3, -0.25) is 9.69 Å². The van der Waals surface area contributed by atoms with Gasteiger partial charge in [0.1, 0.15) is 11.9 Å². The molecule has 2 saturated carbocycles. The molecule has 1 unspecified atom stereocenters. The molecule has 5 fully saturated rings. The molecule has 51 heavy (non-hydrogen) atoms. The van der Waals surface area contributed by atoms with Gasteiger partial charge in [0.05, 0.1) is 29.9 Å². The minimum atomic E-state index is -3.19. The molecule has 3 saturated heterocycles. The van der Waals surface area contributed by atoms with Crippen molar-refractivity contribution in [3.05, 3.63) is 59.9 Å². The van der Waals surface area contributed by atoms with Crippen LogP contribution in [-0.2, 0) is 29.5 Å². The van der Waals surface area contributed by atoms with Crippen molar-refractivity contribution < 1.29 is 31.9 Å². The standard InChI is InChI=1S/C38H52FN5O6S/c39-30-4-1-3-29(21-30)38(34-5-2-6-35(34)50-37(40)46,26-41-36(45)25-43-17-19-49-20-18-43)28-13-15-42(16-14-28)22-27-23-44(24-27)31-7-9-32(10-8-31)51(47,48)33-11-12-33/h1,3-4,7-10,21,27-28,33-35H,2,5-6,11-20,22-26H2,(H2,40,46)(H,41,45)/t34-,35-,38?/m0/s1. The Hall–Kier alpha value is -3.26. The maximum absolute atomic E-state index is 15.0. The Kier molecular flexibility index (Phi) is 10.9. The lowest BCUT2D eigenvalue weighted by Crippen LogP contribution is -2.58. The van der Waals surface area contributed by atoms with E-state index in [2.05, 4.69) is 20.0 Å². The van der Waals surface area contributed by atoms with Crippen molar-refractivity contribution in [3.8, 4) is 0 Å². The van der Waals surface area contributed by atoms with Crippen LogP contribution >= 0.6 is 0 Å². The number of benzene rings is 2. The number of piperidine rings is 1. The number of ether oxygens (including phenoxy) is 2. The molecule has 0 aromatic heterocycles. The zero-order valence-corrected chi connectivity index (χ0v) is 30.2. The van der Waals surface area contributed by atoms with E-state index in [1.165, 1.54) is 6.07 Å². The summed E-state index contributed by atoms with van der Waals surface area (Å²) in [7, 11) is -3.19. The van der Waals surface area contributed by atoms with Crippen molar-refractivity contribution in [1.82, 2.24) is 15.1 Å². The van der Waals surface area contributed by atoms with Crippen LogP contribution in [0.4, 0.5) is 14.9 Å². The van der Waals surface area contributed by atoms with Crippen molar-refractivity contribution in [2.75, 3.05) is 77.0 Å². The third-order valence-corrected chi connectivity index (χ3v) is 14.4. The SMILES string of the molecule is NC(=O)O[C@H]1CCC[C@@H]1C(CNC(=O)CN1CCOCC1)(c1cccc(F)c1)C1CCN(CC2CN(c3ccc(S(=O)(=O)C4CC4)cc3)C2)CC1. The Labute approximate surface area is 300 Å². The van der Waals surface area contributed by atoms with Gasteiger partial charge < -0.3 is 30.3 Å². The highest BCUT2D eigenvalue weighted by atomic mass is 32.2. The van der Waals surface area contributed by atoms with Gasteiger partial charge in [-0.1, -0.05) is 12.1 Å². The van der Waals surface area contributed by atoms with Crippen LogP contribution in [0.1, 0.15) is 50.5 Å². The molecular formula is C38H52FN5O6S. The second-order valence-corrected chi connectivity index (χ2v) is 17.5. The number of primary amides is 1. The van der Waals surface area contributed by atoms with Crippen molar-refractivity contribution >= 4 is 27.5 Å². The quantitative estimate of drug-likeness (QED) is 0.318. The number of nitrogens with zero attached hydrogens (tertiary/aromatic N) is 3. The molecule has 3 heterocycles. The first-order chi connectivity index (χ1) is 24.6. The van der Waals surface area contributed by atoms with Crippen molar-refractivity contribution in [1.29, 1.82) is 0 Å². The van der Waals surface area contributed by atoms with Gasteiger partial charge in [0.2, 0.25) is 5.91 Å². The summed E-state index contributed by atoms with van der Waals surface area (Å²) in [6, 6.07) is 14.1. The molecule has 3 aliphatic heterocycles. The summed E-state index contributed by atoms with van der Waals surface area (Å²) in [5.74, 6) is 0.0943. The molecule has 3 atom stereocenters. The van der Waals surface area contributed by atoms with E-state index >= 15 is 4.39 Å². The van der Waals surface area contributed by atoms with Crippen LogP contribution in [0.3, 0.4) is 0 Å². The van der Waals surface area contributed by atoms with E-state index in [-0.39, 0.29) is 35.4 Å². The number of nitrogens with two attached hydrogens (primary N) is 1. The van der Waals surface area contributed by atoms with Gasteiger partial charge in [-0.2, -0.15) is 0 Å². The van der Waals surface area contributed by atoms with Crippen molar-refractivity contribution in [2.24, 2.45) is 23.5 Å². The third kappa shape index (κ3) is 8.06. The number of rotatable bonds is 13. The molecule has 2 aromatic carbocycles. The summed E-state index contributed by atoms with van der Waals surface area (Å²) < 4.78 is 51.4. The highest BCUT2D eigenvalue weighted by molar-refractivity contribution is 7.92. The molecule has 278 valence electrons. The van der Waals surface area contributed by atoms with E-state index in [0.29, 0.717) is 50.1 Å². The van der Waals surface area contributed by atoms with E-state index in [4.69, 9.17) is 15.2 Å². The van der Waals surface area contributed by atoms with E-state index in [0.717, 1.165) is 82.5 Å². The number of carbonyl (C=O) groups is 2. The first-order valence-corrected chi connectivity index (χ1v) is 20.3. The normalized spacial score (nSPS) is 25.2. The van der Waals surface area contributed by atoms with Gasteiger partial charge in [-0.25, -0.2) is 17.6 Å². The maximum atomic E-state index is 15.0. The van der Waals surface area contributed by atoms with Crippen molar-refractivity contribution in [3.63, 3.8) is 0 Å². The zero-order chi connectivity index (χ0) is 35.6. The summed E-state index contributed by atoms with van der Waals surface area (Å²) in [5.41, 5.74) is 6.81. The van der Waals surface area contributed by atoms with Gasteiger partial charge >= 0.3 is 6.09 Å². The van der Waals surface area contributed by atoms with Gasteiger partial charge in [0.25, 0.3) is 0 Å². The fourth-order valence-electron chi connectivity index (χ4n) is 9.29. The van der Waals surface area contributed by atoms with Gasteiger partial charge in [-0.05, 0) is 106 Å². The Morgan fingerprint density at radius 1 is 0.941 bits per heavy atom. The predicted octanol–water partition coefficient (Wildman–Crippen LogP) is 3.56. The van der Waals surface area contributed by atoms with Crippen LogP contribution in [-0.4, -0.2) is 114 Å². The lowest BCUT2D eigenvalue weighted by molar-refractivity contribution is -0.124. The molecule has 0 spiro atoms. The molecule has 2 amide bonds. The predicted molar refractivity (Wildman–Crippen MR) is 192 cm³/mol. The number of likely N-dealkylation sites (tertiary alicyclic amines) is 1. The lowest BCUT2D eigenvalue weighted by Gasteiger charge is -2.51. The average Bonchev–Trinajstić information content (AvgIpc) is 3.88. The number of morpholine rings is 1. The van der Waals surface area contributed by atoms with Crippen LogP contribution in [0, 0.1) is 23.6 Å². The molecule has 3 N–H and O–H groups in total. The lowest BCUT2D eigenvalue weighted by atomic mass is 9.58. The highest BCUT2D eigenvalue weighted by Gasteiger charge is 2.53. The first kappa shape index (κ1) is 36.1. The molecule has 2 aliphatic carbocycles. The summed E-state index contributed by atoms with van der Waals surface area (Å²) in [4.78, 5) is 32.8. The van der Waals surface area contributed by atoms with Crippen molar-refractivity contribution in [2.45, 2.75) is 66.6 Å². The highest BCUT2D eigenvalue weighted by Crippen LogP contribution is 2.51. The zero-order valence-electron chi connectivity index (χ0n) is 29.4. The minimum absolute atomic E-state index is 0.0748. The monoisotopic (exact) mass is 725 g/mol. The third-order valence-electron chi connectivity index (χ3n) is 12.1. The number of carbonyl (C=O) groups excluding carboxylic acids is 2. The topological polar surface area (TPSA) is 135 Å². The summed E-state index contributed by atoms with van der Waals surface area (Å²) in [6.07, 6.45) is 4.37. The number of nitrogens with one attached hydrogen (secondary N) is 1. The number of amides is 2. The van der Waals surface area contributed by atoms with Crippen LogP contribution in [0.25, 0.3) is 0 Å². The first-order valence-electron chi connectivity index (χ1n) is 18.7. The molecule has 13 heteroatoms. The van der Waals surface area contributed by atoms with Crippen LogP contribution in [0.15, 0.2) is 53.4 Å². The second kappa shape index (κ2) is 15.4. The van der Waals surface area contributed by atoms with Gasteiger partial charge in [-0.15, -0.1) is 0 Å². The number of sulfone groups is 1. The van der Waals surface area contributed by atoms with E-state index in [1.807, 2.05) is 18.2 Å². The Morgan fingerprint density at radius 2 is 1.67 bits per heavy atom. The largest absolute Gasteiger partial charge is 0.446 e. The summed E-state index contributed by atoms with van der Waals surface area (Å²) in [5, 5.41) is 3.06. The smallest absolute Gasteiger partial charge is 0.404 e. The Bertz CT molecular complexity index is 1640. The van der Waals surface area contributed by atoms with Crippen LogP contribution in [0.5, 0.6) is 0 Å². The van der Waals surface area contributed by atoms with E-state index < -0.39 is 27.4 Å². The molecule has 0 radical (unpaired) electrons. The number of hydrogen-bond donors (Lipinski definition) is 2. The fourth-order valence-corrected chi connectivity index (χ4v) is 10.9. The van der Waals surface area contributed by atoms with Gasteiger partial charge in [0.15, 0.2) is 9.84 Å². The van der Waals surface area contributed by atoms with E-state index in [9.17, 15) is 18.0 Å². The van der Waals surface area contributed by atoms with E-state index in [1.54, 1.807) is 24.3 Å². The van der Waals surface area contributed by atoms with Crippen LogP contribution in [0.2, 0.25) is 0 Å². The average molecular weight is 726 g/mol. The maximum Gasteiger partial charge on any atom is 0.404 e. The van der Waals surface area contributed by atoms with Crippen LogP contribution < -0.4 is 16.0 Å². The molecule has 11 nitrogen and oxygen atoms in total. The molecule has 5 aliphatic rings. The number of anilines is 1. The number of halogens is 1. The summed E-state index contributed by atoms with van der Waals surface area (Å²) >= 11 is 0. The second-order valence-electron chi connectivity index (χ2n) is 15.3. The summed E-state index contributed by atoms with van der Waals surface area (Å²) in [6.45, 7) is 7.78. The molecular weight excluding hydrogens is 674 g/mol. The molecule has 0 bridgehead atoms. The fraction of sp³-hybridized carbons (Fsp3) is 0.632. The Balaban J connectivity index is 1.03. The van der Waals surface area contributed by atoms with Gasteiger partial charge in [0, 0.05) is 62.2 Å². The number of hydrogen-bond acceptors (Lipinski definition) is 9.